The number of methoxy groups -OCH3 is 1. The Morgan fingerprint density at radius 3 is 2.70 bits per heavy atom. The summed E-state index contributed by atoms with van der Waals surface area (Å²) >= 11 is 5.58. The van der Waals surface area contributed by atoms with Crippen molar-refractivity contribution in [2.45, 2.75) is 18.9 Å². The van der Waals surface area contributed by atoms with E-state index in [2.05, 4.69) is 20.0 Å². The molecule has 108 valence electrons. The molecule has 0 aliphatic rings. The maximum atomic E-state index is 11.8. The number of rotatable bonds is 6. The van der Waals surface area contributed by atoms with Crippen molar-refractivity contribution in [3.05, 3.63) is 23.2 Å². The molecule has 1 aromatic heterocycles. The maximum Gasteiger partial charge on any atom is 0.326 e. The van der Waals surface area contributed by atoms with E-state index in [4.69, 9.17) is 16.7 Å². The number of ether oxygens (including phenoxy) is 1. The lowest BCUT2D eigenvalue weighted by molar-refractivity contribution is -0.142. The number of aliphatic carboxylic acids is 1. The minimum Gasteiger partial charge on any atom is -0.480 e. The average Bonchev–Trinajstić information content (AvgIpc) is 2.42. The first-order valence-electron chi connectivity index (χ1n) is 5.52. The second-order valence-electron chi connectivity index (χ2n) is 3.71. The van der Waals surface area contributed by atoms with E-state index in [1.165, 1.54) is 13.3 Å². The second-order valence-corrected chi connectivity index (χ2v) is 4.09. The van der Waals surface area contributed by atoms with E-state index in [0.717, 1.165) is 6.20 Å². The summed E-state index contributed by atoms with van der Waals surface area (Å²) in [4.78, 5) is 41.1. The molecule has 0 aliphatic heterocycles. The highest BCUT2D eigenvalue weighted by Crippen LogP contribution is 2.05. The van der Waals surface area contributed by atoms with Gasteiger partial charge in [0.05, 0.1) is 19.5 Å². The summed E-state index contributed by atoms with van der Waals surface area (Å²) in [6.45, 7) is 0. The lowest BCUT2D eigenvalue weighted by atomic mass is 10.1. The van der Waals surface area contributed by atoms with Crippen molar-refractivity contribution in [2.24, 2.45) is 0 Å². The monoisotopic (exact) mass is 301 g/mol. The van der Waals surface area contributed by atoms with Crippen molar-refractivity contribution >= 4 is 29.4 Å². The average molecular weight is 302 g/mol. The normalized spacial score (nSPS) is 11.5. The fourth-order valence-corrected chi connectivity index (χ4v) is 1.45. The number of carboxylic acid groups (broad SMARTS) is 1. The molecule has 0 spiro atoms. The molecule has 0 fully saturated rings. The Hall–Kier alpha value is -2.22. The van der Waals surface area contributed by atoms with Crippen molar-refractivity contribution in [1.82, 2.24) is 15.3 Å². The van der Waals surface area contributed by atoms with E-state index in [1.807, 2.05) is 0 Å². The van der Waals surface area contributed by atoms with Gasteiger partial charge in [-0.3, -0.25) is 14.6 Å². The minimum absolute atomic E-state index is 0.0130. The van der Waals surface area contributed by atoms with E-state index in [9.17, 15) is 14.4 Å². The van der Waals surface area contributed by atoms with E-state index >= 15 is 0 Å². The molecule has 1 aromatic rings. The van der Waals surface area contributed by atoms with Crippen LogP contribution in [0.5, 0.6) is 0 Å². The quantitative estimate of drug-likeness (QED) is 0.724. The zero-order chi connectivity index (χ0) is 15.1. The van der Waals surface area contributed by atoms with Gasteiger partial charge in [0.25, 0.3) is 5.91 Å². The van der Waals surface area contributed by atoms with Crippen molar-refractivity contribution in [3.8, 4) is 0 Å². The summed E-state index contributed by atoms with van der Waals surface area (Å²) in [6.07, 6.45) is 2.17. The van der Waals surface area contributed by atoms with Gasteiger partial charge < -0.3 is 15.2 Å². The molecule has 2 N–H and O–H groups in total. The van der Waals surface area contributed by atoms with Gasteiger partial charge in [-0.1, -0.05) is 11.6 Å². The van der Waals surface area contributed by atoms with Crippen LogP contribution in [0.4, 0.5) is 0 Å². The van der Waals surface area contributed by atoms with Crippen LogP contribution in [0.3, 0.4) is 0 Å². The molecule has 9 heteroatoms. The Morgan fingerprint density at radius 1 is 1.45 bits per heavy atom. The summed E-state index contributed by atoms with van der Waals surface area (Å²) in [7, 11) is 1.19. The first-order chi connectivity index (χ1) is 9.43. The summed E-state index contributed by atoms with van der Waals surface area (Å²) in [6, 6.07) is -1.23. The number of nitrogens with one attached hydrogen (secondary N) is 1. The molecule has 0 bridgehead atoms. The van der Waals surface area contributed by atoms with Gasteiger partial charge in [-0.15, -0.1) is 0 Å². The molecule has 8 nitrogen and oxygen atoms in total. The number of amides is 1. The number of aromatic nitrogens is 2. The smallest absolute Gasteiger partial charge is 0.326 e. The maximum absolute atomic E-state index is 11.8. The van der Waals surface area contributed by atoms with Gasteiger partial charge in [-0.2, -0.15) is 0 Å². The van der Waals surface area contributed by atoms with Crippen LogP contribution >= 0.6 is 11.6 Å². The summed E-state index contributed by atoms with van der Waals surface area (Å²) in [5, 5.41) is 11.2. The summed E-state index contributed by atoms with van der Waals surface area (Å²) < 4.78 is 4.40. The molecule has 1 rings (SSSR count). The third-order valence-corrected chi connectivity index (χ3v) is 2.49. The van der Waals surface area contributed by atoms with Crippen LogP contribution in [-0.2, 0) is 14.3 Å². The second kappa shape index (κ2) is 7.39. The van der Waals surface area contributed by atoms with Gasteiger partial charge in [0.2, 0.25) is 0 Å². The third-order valence-electron chi connectivity index (χ3n) is 2.31. The van der Waals surface area contributed by atoms with Gasteiger partial charge in [-0.05, 0) is 6.42 Å². The molecule has 1 atom stereocenters. The van der Waals surface area contributed by atoms with Gasteiger partial charge in [0.15, 0.2) is 0 Å². The summed E-state index contributed by atoms with van der Waals surface area (Å²) in [5.41, 5.74) is -0.109. The minimum atomic E-state index is -1.27. The largest absolute Gasteiger partial charge is 0.480 e. The fraction of sp³-hybridized carbons (Fsp3) is 0.364. The van der Waals surface area contributed by atoms with E-state index < -0.39 is 23.9 Å². The molecular weight excluding hydrogens is 290 g/mol. The van der Waals surface area contributed by atoms with Gasteiger partial charge in [-0.25, -0.2) is 9.78 Å². The van der Waals surface area contributed by atoms with Gasteiger partial charge >= 0.3 is 11.9 Å². The number of nitrogens with zero attached hydrogens (tertiary/aromatic N) is 2. The molecule has 1 amide bonds. The molecule has 20 heavy (non-hydrogen) atoms. The van der Waals surface area contributed by atoms with Crippen LogP contribution in [0.1, 0.15) is 23.3 Å². The van der Waals surface area contributed by atoms with Crippen molar-refractivity contribution in [3.63, 3.8) is 0 Å². The van der Waals surface area contributed by atoms with Crippen LogP contribution < -0.4 is 5.32 Å². The van der Waals surface area contributed by atoms with Crippen LogP contribution in [0, 0.1) is 0 Å². The molecule has 0 unspecified atom stereocenters. The molecule has 0 saturated heterocycles. The van der Waals surface area contributed by atoms with Crippen molar-refractivity contribution in [1.29, 1.82) is 0 Å². The standard InChI is InChI=1S/C11H12ClN3O5/c1-20-9(16)3-2-6(11(18)19)15-10(17)7-4-13-5-8(12)14-7/h4-6H,2-3H2,1H3,(H,15,17)(H,18,19)/t6-/m1/s1. The van der Waals surface area contributed by atoms with Gasteiger partial charge in [0, 0.05) is 6.42 Å². The van der Waals surface area contributed by atoms with E-state index in [0.29, 0.717) is 0 Å². The first kappa shape index (κ1) is 15.8. The Balaban J connectivity index is 2.68. The Labute approximate surface area is 119 Å². The zero-order valence-corrected chi connectivity index (χ0v) is 11.3. The summed E-state index contributed by atoms with van der Waals surface area (Å²) in [5.74, 6) is -2.57. The van der Waals surface area contributed by atoms with Crippen LogP contribution in [-0.4, -0.2) is 46.1 Å². The Morgan fingerprint density at radius 2 is 2.15 bits per heavy atom. The van der Waals surface area contributed by atoms with Crippen LogP contribution in [0.2, 0.25) is 5.15 Å². The predicted molar refractivity (Wildman–Crippen MR) is 67.2 cm³/mol. The topological polar surface area (TPSA) is 118 Å². The first-order valence-corrected chi connectivity index (χ1v) is 5.90. The molecule has 0 aliphatic carbocycles. The lowest BCUT2D eigenvalue weighted by Gasteiger charge is -2.13. The molecule has 0 saturated carbocycles. The predicted octanol–water partition coefficient (Wildman–Crippen LogP) is 0.266. The number of carbonyl (C=O) groups excluding carboxylic acids is 2. The van der Waals surface area contributed by atoms with Crippen LogP contribution in [0.15, 0.2) is 12.4 Å². The highest BCUT2D eigenvalue weighted by Gasteiger charge is 2.22. The van der Waals surface area contributed by atoms with Crippen molar-refractivity contribution < 1.29 is 24.2 Å². The van der Waals surface area contributed by atoms with Crippen LogP contribution in [0.25, 0.3) is 0 Å². The number of carbonyl (C=O) groups is 3. The third kappa shape index (κ3) is 4.81. The highest BCUT2D eigenvalue weighted by atomic mass is 35.5. The number of carboxylic acids is 1. The van der Waals surface area contributed by atoms with E-state index in [1.54, 1.807) is 0 Å². The highest BCUT2D eigenvalue weighted by molar-refractivity contribution is 6.29. The fourth-order valence-electron chi connectivity index (χ4n) is 1.31. The lowest BCUT2D eigenvalue weighted by Crippen LogP contribution is -2.41. The number of hydrogen-bond donors (Lipinski definition) is 2. The molecular formula is C11H12ClN3O5. The SMILES string of the molecule is COC(=O)CC[C@@H](NC(=O)c1cncc(Cl)n1)C(=O)O. The molecule has 0 radical (unpaired) electrons. The van der Waals surface area contributed by atoms with Gasteiger partial charge in [0.1, 0.15) is 16.9 Å². The molecule has 0 aromatic carbocycles. The van der Waals surface area contributed by atoms with Crippen molar-refractivity contribution in [2.75, 3.05) is 7.11 Å². The number of halogens is 1. The number of hydrogen-bond acceptors (Lipinski definition) is 6. The Kier molecular flexibility index (Phi) is 5.85. The zero-order valence-electron chi connectivity index (χ0n) is 10.5. The Bertz CT molecular complexity index is 523. The molecule has 1 heterocycles. The van der Waals surface area contributed by atoms with E-state index in [-0.39, 0.29) is 23.7 Å². The number of esters is 1.